The van der Waals surface area contributed by atoms with Crippen LogP contribution in [0, 0.1) is 0 Å². The molecule has 5 heteroatoms. The number of amides is 2. The molecule has 90 valence electrons. The lowest BCUT2D eigenvalue weighted by molar-refractivity contribution is -0.118. The van der Waals surface area contributed by atoms with Crippen LogP contribution in [0.15, 0.2) is 18.2 Å². The molecule has 0 atom stereocenters. The Balaban J connectivity index is 2.12. The second-order valence-corrected chi connectivity index (χ2v) is 4.33. The molecule has 0 unspecified atom stereocenters. The van der Waals surface area contributed by atoms with Gasteiger partial charge in [-0.3, -0.25) is 9.59 Å². The smallest absolute Gasteiger partial charge is 0.254 e. The largest absolute Gasteiger partial charge is 0.351 e. The molecule has 0 aliphatic carbocycles. The van der Waals surface area contributed by atoms with Gasteiger partial charge in [0.15, 0.2) is 0 Å². The molecule has 2 rings (SSSR count). The molecule has 2 amide bonds. The van der Waals surface area contributed by atoms with Crippen molar-refractivity contribution in [1.82, 2.24) is 10.2 Å². The number of hydrogen-bond donors (Lipinski definition) is 1. The number of carbonyl (C=O) groups excluding carboxylic acids is 2. The number of hydrogen-bond acceptors (Lipinski definition) is 2. The lowest BCUT2D eigenvalue weighted by Crippen LogP contribution is -2.23. The van der Waals surface area contributed by atoms with Crippen molar-refractivity contribution >= 4 is 23.4 Å². The highest BCUT2D eigenvalue weighted by Gasteiger charge is 2.24. The molecule has 1 aromatic carbocycles. The van der Waals surface area contributed by atoms with Crippen molar-refractivity contribution in [3.05, 3.63) is 34.9 Å². The molecule has 0 saturated carbocycles. The summed E-state index contributed by atoms with van der Waals surface area (Å²) < 4.78 is 0. The number of alkyl halides is 1. The van der Waals surface area contributed by atoms with E-state index in [-0.39, 0.29) is 17.7 Å². The highest BCUT2D eigenvalue weighted by molar-refractivity contribution is 6.27. The van der Waals surface area contributed by atoms with Crippen LogP contribution in [-0.4, -0.2) is 29.6 Å². The third-order valence-electron chi connectivity index (χ3n) is 2.77. The van der Waals surface area contributed by atoms with Crippen molar-refractivity contribution in [3.63, 3.8) is 0 Å². The summed E-state index contributed by atoms with van der Waals surface area (Å²) in [5.74, 6) is -0.229. The normalized spacial score (nSPS) is 13.8. The zero-order valence-corrected chi connectivity index (χ0v) is 10.3. The maximum Gasteiger partial charge on any atom is 0.254 e. The van der Waals surface area contributed by atoms with E-state index in [4.69, 9.17) is 11.6 Å². The van der Waals surface area contributed by atoms with Crippen LogP contribution >= 0.6 is 11.6 Å². The zero-order valence-electron chi connectivity index (χ0n) is 9.50. The van der Waals surface area contributed by atoms with Gasteiger partial charge in [0.05, 0.1) is 0 Å². The summed E-state index contributed by atoms with van der Waals surface area (Å²) in [6.07, 6.45) is 0. The minimum atomic E-state index is -0.212. The maximum absolute atomic E-state index is 11.8. The number of nitrogens with one attached hydrogen (secondary N) is 1. The fourth-order valence-electron chi connectivity index (χ4n) is 1.85. The molecule has 1 aromatic rings. The first-order valence-electron chi connectivity index (χ1n) is 5.31. The van der Waals surface area contributed by atoms with E-state index in [0.29, 0.717) is 13.1 Å². The van der Waals surface area contributed by atoms with Gasteiger partial charge in [-0.25, -0.2) is 0 Å². The molecule has 1 aliphatic heterocycles. The van der Waals surface area contributed by atoms with Gasteiger partial charge in [0.1, 0.15) is 5.88 Å². The van der Waals surface area contributed by atoms with Crippen molar-refractivity contribution in [2.24, 2.45) is 0 Å². The predicted octanol–water partition coefficient (Wildman–Crippen LogP) is 1.13. The number of halogens is 1. The molecule has 0 fully saturated rings. The van der Waals surface area contributed by atoms with Crippen molar-refractivity contribution in [3.8, 4) is 0 Å². The first kappa shape index (κ1) is 11.9. The summed E-state index contributed by atoms with van der Waals surface area (Å²) >= 11 is 5.38. The van der Waals surface area contributed by atoms with Crippen LogP contribution in [-0.2, 0) is 17.9 Å². The number of carbonyl (C=O) groups is 2. The highest BCUT2D eigenvalue weighted by atomic mass is 35.5. The minimum Gasteiger partial charge on any atom is -0.351 e. The molecule has 0 radical (unpaired) electrons. The second kappa shape index (κ2) is 4.75. The van der Waals surface area contributed by atoms with Gasteiger partial charge in [-0.05, 0) is 17.2 Å². The lowest BCUT2D eigenvalue weighted by atomic mass is 10.1. The second-order valence-electron chi connectivity index (χ2n) is 4.06. The maximum atomic E-state index is 11.8. The average molecular weight is 253 g/mol. The van der Waals surface area contributed by atoms with Crippen molar-refractivity contribution in [2.75, 3.05) is 12.9 Å². The standard InChI is InChI=1S/C12H13ClN2O2/c1-15-7-9-3-2-8(4-10(9)12(15)17)6-14-11(16)5-13/h2-4H,5-7H2,1H3,(H,14,16). The molecule has 1 aliphatic rings. The fourth-order valence-corrected chi connectivity index (χ4v) is 1.95. The Morgan fingerprint density at radius 3 is 3.00 bits per heavy atom. The molecule has 0 aromatic heterocycles. The van der Waals surface area contributed by atoms with Gasteiger partial charge in [-0.1, -0.05) is 12.1 Å². The molecular weight excluding hydrogens is 240 g/mol. The van der Waals surface area contributed by atoms with Gasteiger partial charge in [-0.2, -0.15) is 0 Å². The Hall–Kier alpha value is -1.55. The van der Waals surface area contributed by atoms with Gasteiger partial charge in [0, 0.05) is 25.7 Å². The predicted molar refractivity (Wildman–Crippen MR) is 64.8 cm³/mol. The van der Waals surface area contributed by atoms with Crippen LogP contribution in [0.25, 0.3) is 0 Å². The van der Waals surface area contributed by atoms with E-state index >= 15 is 0 Å². The molecule has 0 saturated heterocycles. The third kappa shape index (κ3) is 2.42. The van der Waals surface area contributed by atoms with Crippen molar-refractivity contribution in [1.29, 1.82) is 0 Å². The Labute approximate surface area is 105 Å². The van der Waals surface area contributed by atoms with E-state index in [0.717, 1.165) is 16.7 Å². The van der Waals surface area contributed by atoms with Crippen LogP contribution in [0.4, 0.5) is 0 Å². The number of nitrogens with zero attached hydrogens (tertiary/aromatic N) is 1. The zero-order chi connectivity index (χ0) is 12.4. The Bertz CT molecular complexity index is 474. The SMILES string of the molecule is CN1Cc2ccc(CNC(=O)CCl)cc2C1=O. The van der Waals surface area contributed by atoms with E-state index in [2.05, 4.69) is 5.32 Å². The summed E-state index contributed by atoms with van der Waals surface area (Å²) in [6.45, 7) is 1.05. The van der Waals surface area contributed by atoms with Gasteiger partial charge in [-0.15, -0.1) is 11.6 Å². The fraction of sp³-hybridized carbons (Fsp3) is 0.333. The topological polar surface area (TPSA) is 49.4 Å². The Morgan fingerprint density at radius 1 is 1.53 bits per heavy atom. The van der Waals surface area contributed by atoms with Crippen LogP contribution in [0.2, 0.25) is 0 Å². The van der Waals surface area contributed by atoms with Crippen molar-refractivity contribution in [2.45, 2.75) is 13.1 Å². The lowest BCUT2D eigenvalue weighted by Gasteiger charge is -2.05. The minimum absolute atomic E-state index is 0.0329. The van der Waals surface area contributed by atoms with Crippen molar-refractivity contribution < 1.29 is 9.59 Å². The molecule has 0 bridgehead atoms. The summed E-state index contributed by atoms with van der Waals surface area (Å²) in [5.41, 5.74) is 2.67. The van der Waals surface area contributed by atoms with E-state index in [1.807, 2.05) is 18.2 Å². The Morgan fingerprint density at radius 2 is 2.29 bits per heavy atom. The summed E-state index contributed by atoms with van der Waals surface area (Å²) in [7, 11) is 1.78. The summed E-state index contributed by atoms with van der Waals surface area (Å²) in [4.78, 5) is 24.4. The molecule has 17 heavy (non-hydrogen) atoms. The number of rotatable bonds is 3. The van der Waals surface area contributed by atoms with Gasteiger partial charge in [0.2, 0.25) is 5.91 Å². The molecule has 4 nitrogen and oxygen atoms in total. The van der Waals surface area contributed by atoms with Gasteiger partial charge < -0.3 is 10.2 Å². The highest BCUT2D eigenvalue weighted by Crippen LogP contribution is 2.22. The van der Waals surface area contributed by atoms with Crippen LogP contribution < -0.4 is 5.32 Å². The third-order valence-corrected chi connectivity index (χ3v) is 3.01. The molecular formula is C12H13ClN2O2. The number of benzene rings is 1. The van der Waals surface area contributed by atoms with Crippen LogP contribution in [0.5, 0.6) is 0 Å². The summed E-state index contributed by atoms with van der Waals surface area (Å²) in [6, 6.07) is 5.67. The monoisotopic (exact) mass is 252 g/mol. The van der Waals surface area contributed by atoms with E-state index in [9.17, 15) is 9.59 Å². The van der Waals surface area contributed by atoms with Gasteiger partial charge >= 0.3 is 0 Å². The van der Waals surface area contributed by atoms with E-state index in [1.54, 1.807) is 11.9 Å². The molecule has 1 N–H and O–H groups in total. The van der Waals surface area contributed by atoms with Crippen LogP contribution in [0.1, 0.15) is 21.5 Å². The van der Waals surface area contributed by atoms with E-state index in [1.165, 1.54) is 0 Å². The summed E-state index contributed by atoms with van der Waals surface area (Å²) in [5, 5.41) is 2.67. The Kier molecular flexibility index (Phi) is 3.33. The average Bonchev–Trinajstić information content (AvgIpc) is 2.62. The van der Waals surface area contributed by atoms with Crippen LogP contribution in [0.3, 0.4) is 0 Å². The quantitative estimate of drug-likeness (QED) is 0.820. The first-order chi connectivity index (χ1) is 8.11. The molecule has 0 spiro atoms. The molecule has 1 heterocycles. The van der Waals surface area contributed by atoms with Gasteiger partial charge in [0.25, 0.3) is 5.91 Å². The van der Waals surface area contributed by atoms with E-state index < -0.39 is 0 Å². The first-order valence-corrected chi connectivity index (χ1v) is 5.85. The number of fused-ring (bicyclic) bond motifs is 1.